The van der Waals surface area contributed by atoms with Gasteiger partial charge in [-0.15, -0.1) is 0 Å². The van der Waals surface area contributed by atoms with Gasteiger partial charge < -0.3 is 4.90 Å². The highest BCUT2D eigenvalue weighted by Gasteiger charge is 2.21. The summed E-state index contributed by atoms with van der Waals surface area (Å²) in [4.78, 5) is 31.1. The fraction of sp³-hybridized carbons (Fsp3) is 0.235. The van der Waals surface area contributed by atoms with Gasteiger partial charge in [0.2, 0.25) is 0 Å². The largest absolute Gasteiger partial charge is 0.338 e. The third kappa shape index (κ3) is 2.52. The predicted octanol–water partition coefficient (Wildman–Crippen LogP) is 1.97. The van der Waals surface area contributed by atoms with E-state index in [2.05, 4.69) is 4.98 Å². The van der Waals surface area contributed by atoms with Crippen molar-refractivity contribution in [3.05, 3.63) is 64.7 Å². The molecule has 0 bridgehead atoms. The number of nitrogens with zero attached hydrogens (tertiary/aromatic N) is 4. The quantitative estimate of drug-likeness (QED) is 0.740. The van der Waals surface area contributed by atoms with E-state index in [1.54, 1.807) is 15.6 Å². The van der Waals surface area contributed by atoms with Crippen LogP contribution >= 0.6 is 0 Å². The first-order valence-electron chi connectivity index (χ1n) is 7.61. The summed E-state index contributed by atoms with van der Waals surface area (Å²) in [5.41, 5.74) is 1.40. The summed E-state index contributed by atoms with van der Waals surface area (Å²) in [6, 6.07) is 12.4. The normalized spacial score (nSPS) is 10.9. The number of para-hydroxylation sites is 1. The van der Waals surface area contributed by atoms with Crippen LogP contribution in [-0.2, 0) is 0 Å². The Morgan fingerprint density at radius 3 is 2.48 bits per heavy atom. The molecule has 2 aromatic heterocycles. The number of fused-ring (bicyclic) bond motifs is 1. The Bertz CT molecular complexity index is 892. The lowest BCUT2D eigenvalue weighted by Crippen LogP contribution is -2.33. The zero-order valence-corrected chi connectivity index (χ0v) is 13.1. The molecule has 0 atom stereocenters. The van der Waals surface area contributed by atoms with Crippen molar-refractivity contribution in [1.29, 1.82) is 0 Å². The first kappa shape index (κ1) is 15.0. The predicted molar refractivity (Wildman–Crippen MR) is 88.0 cm³/mol. The molecule has 0 N–H and O–H groups in total. The number of benzene rings is 1. The molecule has 3 aromatic rings. The highest BCUT2D eigenvalue weighted by atomic mass is 16.2. The summed E-state index contributed by atoms with van der Waals surface area (Å²) in [7, 11) is 0. The average Bonchev–Trinajstić information content (AvgIpc) is 2.97. The molecule has 6 heteroatoms. The SMILES string of the molecule is CCN(CC)C(=O)c1cc2nccc(=O)n2n1-c1ccccc1. The highest BCUT2D eigenvalue weighted by molar-refractivity contribution is 5.94. The summed E-state index contributed by atoms with van der Waals surface area (Å²) >= 11 is 0. The molecule has 1 aromatic carbocycles. The van der Waals surface area contributed by atoms with Crippen LogP contribution in [0.15, 0.2) is 53.5 Å². The van der Waals surface area contributed by atoms with Gasteiger partial charge in [0, 0.05) is 31.4 Å². The van der Waals surface area contributed by atoms with Crippen molar-refractivity contribution >= 4 is 11.6 Å². The second-order valence-electron chi connectivity index (χ2n) is 5.11. The van der Waals surface area contributed by atoms with Crippen molar-refractivity contribution in [3.8, 4) is 5.69 Å². The molecule has 1 amide bonds. The van der Waals surface area contributed by atoms with Crippen molar-refractivity contribution in [2.75, 3.05) is 13.1 Å². The minimum absolute atomic E-state index is 0.122. The Morgan fingerprint density at radius 2 is 1.83 bits per heavy atom. The van der Waals surface area contributed by atoms with Gasteiger partial charge in [0.25, 0.3) is 11.5 Å². The minimum atomic E-state index is -0.225. The van der Waals surface area contributed by atoms with Gasteiger partial charge >= 0.3 is 0 Å². The molecule has 0 fully saturated rings. The van der Waals surface area contributed by atoms with Crippen LogP contribution in [0.4, 0.5) is 0 Å². The second kappa shape index (κ2) is 6.08. The van der Waals surface area contributed by atoms with Gasteiger partial charge in [-0.2, -0.15) is 4.52 Å². The Balaban J connectivity index is 2.32. The van der Waals surface area contributed by atoms with E-state index in [9.17, 15) is 9.59 Å². The topological polar surface area (TPSA) is 59.6 Å². The van der Waals surface area contributed by atoms with Crippen LogP contribution in [-0.4, -0.2) is 38.1 Å². The molecule has 0 aliphatic heterocycles. The molecule has 0 radical (unpaired) electrons. The Morgan fingerprint density at radius 1 is 1.13 bits per heavy atom. The third-order valence-corrected chi connectivity index (χ3v) is 3.81. The first-order chi connectivity index (χ1) is 11.2. The Labute approximate surface area is 133 Å². The smallest absolute Gasteiger partial charge is 0.273 e. The van der Waals surface area contributed by atoms with Gasteiger partial charge in [-0.1, -0.05) is 18.2 Å². The number of rotatable bonds is 4. The summed E-state index contributed by atoms with van der Waals surface area (Å²) in [5, 5.41) is 0. The lowest BCUT2D eigenvalue weighted by molar-refractivity contribution is 0.0763. The van der Waals surface area contributed by atoms with Crippen molar-refractivity contribution in [2.45, 2.75) is 13.8 Å². The molecule has 0 unspecified atom stereocenters. The van der Waals surface area contributed by atoms with E-state index < -0.39 is 0 Å². The molecule has 0 spiro atoms. The van der Waals surface area contributed by atoms with Gasteiger partial charge in [-0.05, 0) is 26.0 Å². The number of carbonyl (C=O) groups excluding carboxylic acids is 1. The van der Waals surface area contributed by atoms with E-state index in [-0.39, 0.29) is 11.5 Å². The molecule has 0 saturated carbocycles. The van der Waals surface area contributed by atoms with E-state index in [0.29, 0.717) is 24.4 Å². The monoisotopic (exact) mass is 310 g/mol. The molecular formula is C17H18N4O2. The van der Waals surface area contributed by atoms with E-state index in [1.165, 1.54) is 16.8 Å². The Hall–Kier alpha value is -2.89. The molecule has 23 heavy (non-hydrogen) atoms. The van der Waals surface area contributed by atoms with Gasteiger partial charge in [-0.25, -0.2) is 9.67 Å². The third-order valence-electron chi connectivity index (χ3n) is 3.81. The zero-order valence-electron chi connectivity index (χ0n) is 13.1. The van der Waals surface area contributed by atoms with Gasteiger partial charge in [0.1, 0.15) is 5.69 Å². The lowest BCUT2D eigenvalue weighted by atomic mass is 10.3. The molecule has 0 saturated heterocycles. The summed E-state index contributed by atoms with van der Waals surface area (Å²) in [6.45, 7) is 5.07. The maximum atomic E-state index is 12.8. The minimum Gasteiger partial charge on any atom is -0.338 e. The van der Waals surface area contributed by atoms with Crippen molar-refractivity contribution in [3.63, 3.8) is 0 Å². The van der Waals surface area contributed by atoms with Gasteiger partial charge in [-0.3, -0.25) is 9.59 Å². The number of hydrogen-bond donors (Lipinski definition) is 0. The molecule has 0 aliphatic carbocycles. The fourth-order valence-electron chi connectivity index (χ4n) is 2.66. The number of aromatic nitrogens is 3. The van der Waals surface area contributed by atoms with E-state index in [1.807, 2.05) is 44.2 Å². The Kier molecular flexibility index (Phi) is 3.97. The second-order valence-corrected chi connectivity index (χ2v) is 5.11. The number of hydrogen-bond acceptors (Lipinski definition) is 3. The van der Waals surface area contributed by atoms with Crippen LogP contribution in [0.1, 0.15) is 24.3 Å². The average molecular weight is 310 g/mol. The van der Waals surface area contributed by atoms with E-state index in [4.69, 9.17) is 0 Å². The molecular weight excluding hydrogens is 292 g/mol. The van der Waals surface area contributed by atoms with Gasteiger partial charge in [0.05, 0.1) is 5.69 Å². The summed E-state index contributed by atoms with van der Waals surface area (Å²) in [5.74, 6) is -0.122. The van der Waals surface area contributed by atoms with E-state index >= 15 is 0 Å². The van der Waals surface area contributed by atoms with Crippen LogP contribution in [0, 0.1) is 0 Å². The standard InChI is InChI=1S/C17H18N4O2/c1-3-19(4-2)17(23)14-12-15-18-11-10-16(22)21(15)20(14)13-8-6-5-7-9-13/h5-12H,3-4H2,1-2H3. The van der Waals surface area contributed by atoms with Crippen molar-refractivity contribution < 1.29 is 4.79 Å². The van der Waals surface area contributed by atoms with Crippen molar-refractivity contribution in [1.82, 2.24) is 19.1 Å². The maximum absolute atomic E-state index is 12.8. The lowest BCUT2D eigenvalue weighted by Gasteiger charge is -2.19. The fourth-order valence-corrected chi connectivity index (χ4v) is 2.66. The van der Waals surface area contributed by atoms with Crippen LogP contribution in [0.5, 0.6) is 0 Å². The van der Waals surface area contributed by atoms with Crippen LogP contribution < -0.4 is 5.56 Å². The summed E-state index contributed by atoms with van der Waals surface area (Å²) < 4.78 is 3.05. The molecule has 6 nitrogen and oxygen atoms in total. The maximum Gasteiger partial charge on any atom is 0.273 e. The van der Waals surface area contributed by atoms with Crippen LogP contribution in [0.3, 0.4) is 0 Å². The molecule has 3 rings (SSSR count). The number of carbonyl (C=O) groups is 1. The van der Waals surface area contributed by atoms with E-state index in [0.717, 1.165) is 5.69 Å². The van der Waals surface area contributed by atoms with Crippen molar-refractivity contribution in [2.24, 2.45) is 0 Å². The highest BCUT2D eigenvalue weighted by Crippen LogP contribution is 2.16. The summed E-state index contributed by atoms with van der Waals surface area (Å²) in [6.07, 6.45) is 1.46. The zero-order chi connectivity index (χ0) is 16.4. The molecule has 0 aliphatic rings. The van der Waals surface area contributed by atoms with Crippen LogP contribution in [0.2, 0.25) is 0 Å². The van der Waals surface area contributed by atoms with Gasteiger partial charge in [0.15, 0.2) is 5.65 Å². The first-order valence-corrected chi connectivity index (χ1v) is 7.61. The molecule has 2 heterocycles. The van der Waals surface area contributed by atoms with Crippen LogP contribution in [0.25, 0.3) is 11.3 Å². The number of amides is 1. The molecule has 118 valence electrons.